The number of hydrogen-bond acceptors (Lipinski definition) is 4. The number of nitrogens with two attached hydrogens (primary N) is 1. The largest absolute Gasteiger partial charge is 0.355 e. The van der Waals surface area contributed by atoms with Crippen LogP contribution in [0.4, 0.5) is 0 Å². The molecule has 1 heterocycles. The molecule has 6 nitrogen and oxygen atoms in total. The lowest BCUT2D eigenvalue weighted by atomic mass is 9.99. The van der Waals surface area contributed by atoms with Gasteiger partial charge in [-0.25, -0.2) is 4.98 Å². The molecule has 0 bridgehead atoms. The summed E-state index contributed by atoms with van der Waals surface area (Å²) in [5, 5.41) is 2.84. The molecule has 0 spiro atoms. The fourth-order valence-corrected chi connectivity index (χ4v) is 1.91. The Morgan fingerprint density at radius 3 is 2.85 bits per heavy atom. The van der Waals surface area contributed by atoms with E-state index in [-0.39, 0.29) is 11.8 Å². The number of aryl methyl sites for hydroxylation is 2. The second kappa shape index (κ2) is 7.79. The number of nitrogens with one attached hydrogen (secondary N) is 1. The molecule has 20 heavy (non-hydrogen) atoms. The Bertz CT molecular complexity index is 456. The average molecular weight is 280 g/mol. The molecule has 1 rings (SSSR count). The first kappa shape index (κ1) is 16.4. The predicted molar refractivity (Wildman–Crippen MR) is 77.4 cm³/mol. The van der Waals surface area contributed by atoms with E-state index in [1.54, 1.807) is 6.20 Å². The van der Waals surface area contributed by atoms with E-state index in [4.69, 9.17) is 5.73 Å². The number of hydrogen-bond donors (Lipinski definition) is 2. The smallest absolute Gasteiger partial charge is 0.237 e. The Labute approximate surface area is 119 Å². The Kier molecular flexibility index (Phi) is 6.38. The van der Waals surface area contributed by atoms with E-state index in [0.29, 0.717) is 18.7 Å². The molecule has 112 valence electrons. The second-order valence-corrected chi connectivity index (χ2v) is 5.12. The highest BCUT2D eigenvalue weighted by Crippen LogP contribution is 2.05. The van der Waals surface area contributed by atoms with Crippen LogP contribution in [0, 0.1) is 5.92 Å². The van der Waals surface area contributed by atoms with E-state index in [1.165, 1.54) is 0 Å². The maximum absolute atomic E-state index is 11.8. The molecular weight excluding hydrogens is 256 g/mol. The Morgan fingerprint density at radius 2 is 2.30 bits per heavy atom. The molecule has 2 atom stereocenters. The van der Waals surface area contributed by atoms with Gasteiger partial charge in [-0.1, -0.05) is 20.3 Å². The van der Waals surface area contributed by atoms with Crippen LogP contribution < -0.4 is 11.1 Å². The van der Waals surface area contributed by atoms with Crippen LogP contribution in [0.15, 0.2) is 6.20 Å². The molecule has 1 aromatic heterocycles. The molecule has 0 saturated carbocycles. The highest BCUT2D eigenvalue weighted by molar-refractivity contribution is 5.81. The van der Waals surface area contributed by atoms with Gasteiger partial charge in [-0.05, 0) is 12.3 Å². The van der Waals surface area contributed by atoms with E-state index >= 15 is 0 Å². The monoisotopic (exact) mass is 280 g/mol. The third kappa shape index (κ3) is 4.45. The van der Waals surface area contributed by atoms with Gasteiger partial charge in [-0.15, -0.1) is 0 Å². The fourth-order valence-electron chi connectivity index (χ4n) is 1.91. The van der Waals surface area contributed by atoms with Crippen molar-refractivity contribution in [3.63, 3.8) is 0 Å². The summed E-state index contributed by atoms with van der Waals surface area (Å²) in [6.45, 7) is 4.55. The summed E-state index contributed by atoms with van der Waals surface area (Å²) < 4.78 is 1.83. The van der Waals surface area contributed by atoms with Crippen LogP contribution in [0.5, 0.6) is 0 Å². The number of carbonyl (C=O) groups is 2. The molecule has 0 radical (unpaired) electrons. The Balaban J connectivity index is 2.32. The Morgan fingerprint density at radius 1 is 1.60 bits per heavy atom. The molecule has 3 N–H and O–H groups in total. The first-order valence-electron chi connectivity index (χ1n) is 7.00. The molecular formula is C14H24N4O2. The normalized spacial score (nSPS) is 13.8. The average Bonchev–Trinajstić information content (AvgIpc) is 2.82. The van der Waals surface area contributed by atoms with Crippen molar-refractivity contribution in [3.05, 3.63) is 17.7 Å². The van der Waals surface area contributed by atoms with Crippen molar-refractivity contribution in [2.75, 3.05) is 6.54 Å². The van der Waals surface area contributed by atoms with E-state index in [9.17, 15) is 9.59 Å². The summed E-state index contributed by atoms with van der Waals surface area (Å²) >= 11 is 0. The standard InChI is InChI=1S/C14H24N4O2/c1-4-10(2)13(15)14(20)16-7-5-6-12-17-11(9-19)8-18(12)3/h8-10,13H,4-7,15H2,1-3H3,(H,16,20). The summed E-state index contributed by atoms with van der Waals surface area (Å²) in [5.41, 5.74) is 6.28. The summed E-state index contributed by atoms with van der Waals surface area (Å²) in [4.78, 5) is 26.6. The highest BCUT2D eigenvalue weighted by atomic mass is 16.2. The molecule has 1 aromatic rings. The number of aldehydes is 1. The third-order valence-corrected chi connectivity index (χ3v) is 3.55. The number of amides is 1. The summed E-state index contributed by atoms with van der Waals surface area (Å²) in [7, 11) is 1.85. The van der Waals surface area contributed by atoms with Crippen molar-refractivity contribution in [3.8, 4) is 0 Å². The lowest BCUT2D eigenvalue weighted by Gasteiger charge is -2.17. The SMILES string of the molecule is CCC(C)C(N)C(=O)NCCCc1nc(C=O)cn1C. The van der Waals surface area contributed by atoms with Gasteiger partial charge in [0, 0.05) is 26.2 Å². The van der Waals surface area contributed by atoms with Crippen molar-refractivity contribution in [2.24, 2.45) is 18.7 Å². The van der Waals surface area contributed by atoms with Gasteiger partial charge >= 0.3 is 0 Å². The number of nitrogens with zero attached hydrogens (tertiary/aromatic N) is 2. The first-order chi connectivity index (χ1) is 9.49. The van der Waals surface area contributed by atoms with Crippen molar-refractivity contribution >= 4 is 12.2 Å². The molecule has 0 aliphatic heterocycles. The lowest BCUT2D eigenvalue weighted by Crippen LogP contribution is -2.44. The highest BCUT2D eigenvalue weighted by Gasteiger charge is 2.18. The summed E-state index contributed by atoms with van der Waals surface area (Å²) in [5.74, 6) is 0.917. The fraction of sp³-hybridized carbons (Fsp3) is 0.643. The molecule has 0 aliphatic rings. The van der Waals surface area contributed by atoms with Crippen molar-refractivity contribution in [2.45, 2.75) is 39.2 Å². The van der Waals surface area contributed by atoms with Gasteiger partial charge in [-0.2, -0.15) is 0 Å². The van der Waals surface area contributed by atoms with Crippen molar-refractivity contribution < 1.29 is 9.59 Å². The van der Waals surface area contributed by atoms with Gasteiger partial charge in [0.1, 0.15) is 11.5 Å². The molecule has 1 amide bonds. The minimum Gasteiger partial charge on any atom is -0.355 e. The Hall–Kier alpha value is -1.69. The van der Waals surface area contributed by atoms with Gasteiger partial charge in [-0.3, -0.25) is 9.59 Å². The molecule has 0 aromatic carbocycles. The van der Waals surface area contributed by atoms with Crippen LogP contribution in [0.25, 0.3) is 0 Å². The molecule has 6 heteroatoms. The zero-order chi connectivity index (χ0) is 15.1. The summed E-state index contributed by atoms with van der Waals surface area (Å²) in [6.07, 6.45) is 4.79. The number of carbonyl (C=O) groups excluding carboxylic acids is 2. The zero-order valence-corrected chi connectivity index (χ0v) is 12.4. The van der Waals surface area contributed by atoms with Crippen LogP contribution in [0.3, 0.4) is 0 Å². The predicted octanol–water partition coefficient (Wildman–Crippen LogP) is 0.655. The van der Waals surface area contributed by atoms with Crippen molar-refractivity contribution in [1.82, 2.24) is 14.9 Å². The first-order valence-corrected chi connectivity index (χ1v) is 7.00. The number of imidazole rings is 1. The van der Waals surface area contributed by atoms with Gasteiger partial charge in [0.25, 0.3) is 0 Å². The minimum atomic E-state index is -0.449. The topological polar surface area (TPSA) is 90.0 Å². The zero-order valence-electron chi connectivity index (χ0n) is 12.4. The molecule has 0 fully saturated rings. The maximum atomic E-state index is 11.8. The van der Waals surface area contributed by atoms with Crippen LogP contribution in [-0.4, -0.2) is 34.3 Å². The van der Waals surface area contributed by atoms with E-state index in [1.807, 2.05) is 25.5 Å². The van der Waals surface area contributed by atoms with Gasteiger partial charge in [0.15, 0.2) is 6.29 Å². The van der Waals surface area contributed by atoms with E-state index in [0.717, 1.165) is 25.0 Å². The van der Waals surface area contributed by atoms with Crippen LogP contribution >= 0.6 is 0 Å². The maximum Gasteiger partial charge on any atom is 0.237 e. The van der Waals surface area contributed by atoms with Crippen LogP contribution in [0.2, 0.25) is 0 Å². The van der Waals surface area contributed by atoms with Gasteiger partial charge in [0.2, 0.25) is 5.91 Å². The van der Waals surface area contributed by atoms with Gasteiger partial charge in [0.05, 0.1) is 6.04 Å². The number of aromatic nitrogens is 2. The number of rotatable bonds is 8. The molecule has 0 saturated heterocycles. The van der Waals surface area contributed by atoms with Crippen LogP contribution in [-0.2, 0) is 18.3 Å². The minimum absolute atomic E-state index is 0.104. The van der Waals surface area contributed by atoms with Crippen LogP contribution in [0.1, 0.15) is 43.0 Å². The second-order valence-electron chi connectivity index (χ2n) is 5.12. The van der Waals surface area contributed by atoms with Crippen molar-refractivity contribution in [1.29, 1.82) is 0 Å². The lowest BCUT2D eigenvalue weighted by molar-refractivity contribution is -0.123. The van der Waals surface area contributed by atoms with E-state index < -0.39 is 6.04 Å². The molecule has 2 unspecified atom stereocenters. The third-order valence-electron chi connectivity index (χ3n) is 3.55. The summed E-state index contributed by atoms with van der Waals surface area (Å²) in [6, 6.07) is -0.449. The quantitative estimate of drug-likeness (QED) is 0.540. The van der Waals surface area contributed by atoms with E-state index in [2.05, 4.69) is 10.3 Å². The van der Waals surface area contributed by atoms with Gasteiger partial charge < -0.3 is 15.6 Å². The molecule has 0 aliphatic carbocycles.